The zero-order valence-electron chi connectivity index (χ0n) is 25.9. The summed E-state index contributed by atoms with van der Waals surface area (Å²) in [6, 6.07) is 0. The quantitative estimate of drug-likeness (QED) is 0.303. The molecular formula is C34H54O5. The molecule has 5 aliphatic rings. The molecule has 0 aromatic rings. The van der Waals surface area contributed by atoms with Gasteiger partial charge in [0.2, 0.25) is 0 Å². The first-order valence-corrected chi connectivity index (χ1v) is 15.9. The van der Waals surface area contributed by atoms with Gasteiger partial charge in [0.25, 0.3) is 0 Å². The maximum Gasteiger partial charge on any atom is 0.344 e. The van der Waals surface area contributed by atoms with E-state index in [0.29, 0.717) is 30.3 Å². The van der Waals surface area contributed by atoms with Gasteiger partial charge in [0.15, 0.2) is 6.61 Å². The van der Waals surface area contributed by atoms with Gasteiger partial charge in [-0.15, -0.1) is 0 Å². The van der Waals surface area contributed by atoms with Crippen LogP contribution in [0.25, 0.3) is 0 Å². The molecule has 0 aliphatic heterocycles. The highest BCUT2D eigenvalue weighted by Crippen LogP contribution is 2.75. The molecule has 10 atom stereocenters. The van der Waals surface area contributed by atoms with Gasteiger partial charge in [0, 0.05) is 0 Å². The van der Waals surface area contributed by atoms with Crippen LogP contribution in [0.1, 0.15) is 113 Å². The van der Waals surface area contributed by atoms with Crippen molar-refractivity contribution >= 4 is 11.9 Å². The van der Waals surface area contributed by atoms with Gasteiger partial charge in [0.05, 0.1) is 18.1 Å². The Balaban J connectivity index is 1.53. The minimum absolute atomic E-state index is 0.0327. The van der Waals surface area contributed by atoms with Gasteiger partial charge in [-0.3, -0.25) is 4.79 Å². The second-order valence-electron chi connectivity index (χ2n) is 15.6. The molecule has 0 radical (unpaired) electrons. The first-order valence-electron chi connectivity index (χ1n) is 15.9. The molecule has 0 spiro atoms. The van der Waals surface area contributed by atoms with Crippen LogP contribution in [0.5, 0.6) is 0 Å². The summed E-state index contributed by atoms with van der Waals surface area (Å²) in [7, 11) is 0. The van der Waals surface area contributed by atoms with E-state index in [-0.39, 0.29) is 46.3 Å². The molecule has 5 rings (SSSR count). The number of aliphatic hydroxyl groups excluding tert-OH is 1. The number of esters is 2. The molecule has 0 saturated heterocycles. The second kappa shape index (κ2) is 9.60. The second-order valence-corrected chi connectivity index (χ2v) is 15.6. The summed E-state index contributed by atoms with van der Waals surface area (Å²) in [6.45, 7) is 18.7. The summed E-state index contributed by atoms with van der Waals surface area (Å²) in [5.41, 5.74) is 1.30. The topological polar surface area (TPSA) is 72.8 Å². The number of carbonyl (C=O) groups excluding carboxylic acids is 2. The highest BCUT2D eigenvalue weighted by atomic mass is 16.6. The average Bonchev–Trinajstić information content (AvgIpc) is 2.88. The first-order chi connectivity index (χ1) is 18.2. The molecule has 220 valence electrons. The largest absolute Gasteiger partial charge is 0.463 e. The summed E-state index contributed by atoms with van der Waals surface area (Å²) in [6.07, 6.45) is 11.4. The molecule has 0 heterocycles. The van der Waals surface area contributed by atoms with E-state index in [1.165, 1.54) is 18.4 Å². The van der Waals surface area contributed by atoms with Crippen molar-refractivity contribution in [1.29, 1.82) is 0 Å². The van der Waals surface area contributed by atoms with Crippen molar-refractivity contribution in [3.05, 3.63) is 11.6 Å². The van der Waals surface area contributed by atoms with Crippen LogP contribution in [0.2, 0.25) is 0 Å². The van der Waals surface area contributed by atoms with Crippen LogP contribution >= 0.6 is 0 Å². The SMILES string of the molecule is CCOC(=O)COC(=O)[C@]12CC[C@@H](C)[C@H](C)[C@H]1C1=CC[C@@H]3[C@@]4(C)CC[C@H](O)C(C)(C)C4CC[C@@]3(C)[C@]1(C)CC2. The highest BCUT2D eigenvalue weighted by molar-refractivity contribution is 5.82. The van der Waals surface area contributed by atoms with Crippen LogP contribution in [0.4, 0.5) is 0 Å². The maximum absolute atomic E-state index is 13.9. The van der Waals surface area contributed by atoms with Crippen LogP contribution < -0.4 is 0 Å². The minimum atomic E-state index is -0.551. The van der Waals surface area contributed by atoms with Crippen molar-refractivity contribution in [1.82, 2.24) is 0 Å². The smallest absolute Gasteiger partial charge is 0.344 e. The maximum atomic E-state index is 13.9. The zero-order valence-corrected chi connectivity index (χ0v) is 25.9. The fourth-order valence-electron chi connectivity index (χ4n) is 11.3. The van der Waals surface area contributed by atoms with E-state index in [1.807, 2.05) is 0 Å². The van der Waals surface area contributed by atoms with E-state index in [2.05, 4.69) is 54.5 Å². The van der Waals surface area contributed by atoms with Crippen molar-refractivity contribution in [2.75, 3.05) is 13.2 Å². The number of allylic oxidation sites excluding steroid dienone is 2. The molecule has 4 fully saturated rings. The third-order valence-corrected chi connectivity index (χ3v) is 14.0. The third-order valence-electron chi connectivity index (χ3n) is 14.0. The lowest BCUT2D eigenvalue weighted by Gasteiger charge is -2.71. The standard InChI is InChI=1S/C34H54O5/c1-9-38-27(36)20-39-29(37)34-17-12-21(2)22(3)28(34)23-10-11-25-31(6)15-14-26(35)30(4,5)24(31)13-16-33(25,8)32(23,7)18-19-34/h10,21-22,24-26,28,35H,9,11-20H2,1-8H3/t21-,22+,24?,25-,26+,28+,31+,32-,33-,34+/m1/s1. The van der Waals surface area contributed by atoms with E-state index in [9.17, 15) is 14.7 Å². The Kier molecular flexibility index (Phi) is 7.17. The molecule has 4 saturated carbocycles. The molecule has 5 nitrogen and oxygen atoms in total. The molecule has 1 N–H and O–H groups in total. The molecule has 0 bridgehead atoms. The number of ether oxygens (including phenoxy) is 2. The van der Waals surface area contributed by atoms with Crippen molar-refractivity contribution in [2.24, 2.45) is 56.7 Å². The van der Waals surface area contributed by atoms with Gasteiger partial charge < -0.3 is 14.6 Å². The van der Waals surface area contributed by atoms with Crippen LogP contribution in [0, 0.1) is 56.7 Å². The molecule has 0 amide bonds. The summed E-state index contributed by atoms with van der Waals surface area (Å²) < 4.78 is 10.8. The molecular weight excluding hydrogens is 488 g/mol. The zero-order chi connectivity index (χ0) is 28.6. The molecule has 5 aliphatic carbocycles. The number of aliphatic hydroxyl groups is 1. The van der Waals surface area contributed by atoms with Crippen LogP contribution in [-0.2, 0) is 19.1 Å². The molecule has 0 aromatic heterocycles. The predicted molar refractivity (Wildman–Crippen MR) is 153 cm³/mol. The van der Waals surface area contributed by atoms with Crippen LogP contribution in [-0.4, -0.2) is 36.4 Å². The van der Waals surface area contributed by atoms with E-state index >= 15 is 0 Å². The summed E-state index contributed by atoms with van der Waals surface area (Å²) in [4.78, 5) is 26.0. The fraction of sp³-hybridized carbons (Fsp3) is 0.882. The average molecular weight is 543 g/mol. The summed E-state index contributed by atoms with van der Waals surface area (Å²) >= 11 is 0. The highest BCUT2D eigenvalue weighted by Gasteiger charge is 2.69. The predicted octanol–water partition coefficient (Wildman–Crippen LogP) is 7.11. The van der Waals surface area contributed by atoms with E-state index in [0.717, 1.165) is 44.9 Å². The van der Waals surface area contributed by atoms with Gasteiger partial charge in [-0.25, -0.2) is 4.79 Å². The Labute approximate surface area is 236 Å². The van der Waals surface area contributed by atoms with Gasteiger partial charge in [-0.05, 0) is 116 Å². The monoisotopic (exact) mass is 542 g/mol. The molecule has 1 unspecified atom stereocenters. The number of rotatable bonds is 4. The molecule has 39 heavy (non-hydrogen) atoms. The number of hydrogen-bond acceptors (Lipinski definition) is 5. The van der Waals surface area contributed by atoms with Crippen molar-refractivity contribution in [3.8, 4) is 0 Å². The number of carbonyl (C=O) groups is 2. The van der Waals surface area contributed by atoms with E-state index < -0.39 is 11.4 Å². The Morgan fingerprint density at radius 3 is 2.33 bits per heavy atom. The van der Waals surface area contributed by atoms with Crippen LogP contribution in [0.15, 0.2) is 11.6 Å². The summed E-state index contributed by atoms with van der Waals surface area (Å²) in [5, 5.41) is 11.0. The number of hydrogen-bond donors (Lipinski definition) is 1. The Morgan fingerprint density at radius 2 is 1.64 bits per heavy atom. The Bertz CT molecular complexity index is 1030. The normalized spacial score (nSPS) is 48.4. The van der Waals surface area contributed by atoms with Crippen LogP contribution in [0.3, 0.4) is 0 Å². The lowest BCUT2D eigenvalue weighted by atomic mass is 9.33. The van der Waals surface area contributed by atoms with Gasteiger partial charge >= 0.3 is 11.9 Å². The third kappa shape index (κ3) is 3.94. The van der Waals surface area contributed by atoms with Gasteiger partial charge in [0.1, 0.15) is 0 Å². The Morgan fingerprint density at radius 1 is 0.923 bits per heavy atom. The van der Waals surface area contributed by atoms with Gasteiger partial charge in [-0.2, -0.15) is 0 Å². The first kappa shape index (κ1) is 29.1. The lowest BCUT2D eigenvalue weighted by Crippen LogP contribution is -2.65. The van der Waals surface area contributed by atoms with E-state index in [4.69, 9.17) is 9.47 Å². The molecule has 5 heteroatoms. The number of fused-ring (bicyclic) bond motifs is 7. The lowest BCUT2D eigenvalue weighted by molar-refractivity contribution is -0.207. The van der Waals surface area contributed by atoms with Crippen molar-refractivity contribution < 1.29 is 24.2 Å². The van der Waals surface area contributed by atoms with Crippen molar-refractivity contribution in [3.63, 3.8) is 0 Å². The Hall–Kier alpha value is -1.36. The fourth-order valence-corrected chi connectivity index (χ4v) is 11.3. The minimum Gasteiger partial charge on any atom is -0.463 e. The van der Waals surface area contributed by atoms with E-state index in [1.54, 1.807) is 6.92 Å². The molecule has 0 aromatic carbocycles. The summed E-state index contributed by atoms with van der Waals surface area (Å²) in [5.74, 6) is 1.54. The van der Waals surface area contributed by atoms with Gasteiger partial charge in [-0.1, -0.05) is 60.1 Å². The van der Waals surface area contributed by atoms with Crippen molar-refractivity contribution in [2.45, 2.75) is 119 Å².